The highest BCUT2D eigenvalue weighted by atomic mass is 35.5. The number of amides is 1. The monoisotopic (exact) mass is 404 g/mol. The van der Waals surface area contributed by atoms with E-state index in [1.165, 1.54) is 29.6 Å². The van der Waals surface area contributed by atoms with Gasteiger partial charge in [0, 0.05) is 26.2 Å². The Morgan fingerprint density at radius 3 is 2.77 bits per heavy atom. The predicted molar refractivity (Wildman–Crippen MR) is 99.0 cm³/mol. The molecule has 9 heteroatoms. The van der Waals surface area contributed by atoms with Crippen LogP contribution in [0.3, 0.4) is 0 Å². The first-order valence-corrected chi connectivity index (χ1v) is 10.2. The summed E-state index contributed by atoms with van der Waals surface area (Å²) < 4.78 is 37.2. The van der Waals surface area contributed by atoms with E-state index in [0.29, 0.717) is 31.7 Å². The van der Waals surface area contributed by atoms with Crippen molar-refractivity contribution >= 4 is 27.5 Å². The minimum Gasteiger partial charge on any atom is -0.495 e. The fraction of sp³-hybridized carbons (Fsp3) is 0.588. The molecular formula is C17H25ClN2O5S. The summed E-state index contributed by atoms with van der Waals surface area (Å²) in [6.45, 7) is 2.78. The molecule has 1 fully saturated rings. The number of carbonyl (C=O) groups is 1. The molecule has 1 saturated heterocycles. The van der Waals surface area contributed by atoms with Crippen molar-refractivity contribution in [3.8, 4) is 5.75 Å². The number of methoxy groups -OCH3 is 2. The van der Waals surface area contributed by atoms with Gasteiger partial charge in [0.2, 0.25) is 15.9 Å². The van der Waals surface area contributed by atoms with Crippen LogP contribution in [0.15, 0.2) is 23.1 Å². The van der Waals surface area contributed by atoms with Gasteiger partial charge in [-0.15, -0.1) is 0 Å². The average Bonchev–Trinajstić information content (AvgIpc) is 2.61. The highest BCUT2D eigenvalue weighted by molar-refractivity contribution is 7.89. The number of hydrogen-bond donors (Lipinski definition) is 1. The Hall–Kier alpha value is -1.35. The van der Waals surface area contributed by atoms with Crippen molar-refractivity contribution < 1.29 is 22.7 Å². The van der Waals surface area contributed by atoms with Crippen LogP contribution >= 0.6 is 11.6 Å². The number of halogens is 1. The van der Waals surface area contributed by atoms with Crippen molar-refractivity contribution in [1.29, 1.82) is 0 Å². The number of hydrogen-bond acceptors (Lipinski definition) is 5. The third-order valence-corrected chi connectivity index (χ3v) is 6.48. The van der Waals surface area contributed by atoms with Gasteiger partial charge in [0.1, 0.15) is 5.75 Å². The fourth-order valence-electron chi connectivity index (χ4n) is 2.98. The van der Waals surface area contributed by atoms with Crippen molar-refractivity contribution in [3.63, 3.8) is 0 Å². The van der Waals surface area contributed by atoms with Crippen LogP contribution in [-0.2, 0) is 19.6 Å². The minimum atomic E-state index is -3.73. The van der Waals surface area contributed by atoms with Gasteiger partial charge in [0.25, 0.3) is 0 Å². The summed E-state index contributed by atoms with van der Waals surface area (Å²) in [5.41, 5.74) is 0. The Kier molecular flexibility index (Phi) is 7.28. The van der Waals surface area contributed by atoms with Gasteiger partial charge in [-0.25, -0.2) is 8.42 Å². The molecule has 26 heavy (non-hydrogen) atoms. The first kappa shape index (κ1) is 21.0. The average molecular weight is 405 g/mol. The predicted octanol–water partition coefficient (Wildman–Crippen LogP) is 1.90. The SMILES string of the molecule is COC[C@@H](C)NC(=O)[C@H]1CCCN(S(=O)(=O)c2ccc(OC)c(Cl)c2)C1. The second-order valence-corrected chi connectivity index (χ2v) is 8.71. The molecule has 2 rings (SSSR count). The third-order valence-electron chi connectivity index (χ3n) is 4.32. The number of nitrogens with one attached hydrogen (secondary N) is 1. The van der Waals surface area contributed by atoms with E-state index in [4.69, 9.17) is 21.1 Å². The molecule has 0 bridgehead atoms. The summed E-state index contributed by atoms with van der Waals surface area (Å²) in [6.07, 6.45) is 1.28. The molecule has 0 radical (unpaired) electrons. The van der Waals surface area contributed by atoms with Crippen LogP contribution in [0.5, 0.6) is 5.75 Å². The molecule has 0 aliphatic carbocycles. The highest BCUT2D eigenvalue weighted by Gasteiger charge is 2.33. The lowest BCUT2D eigenvalue weighted by Gasteiger charge is -2.31. The number of sulfonamides is 1. The Bertz CT molecular complexity index is 741. The van der Waals surface area contributed by atoms with Crippen LogP contribution in [0, 0.1) is 5.92 Å². The molecule has 146 valence electrons. The first-order chi connectivity index (χ1) is 12.3. The van der Waals surface area contributed by atoms with Crippen molar-refractivity contribution in [2.24, 2.45) is 5.92 Å². The van der Waals surface area contributed by atoms with E-state index in [-0.39, 0.29) is 34.3 Å². The smallest absolute Gasteiger partial charge is 0.243 e. The van der Waals surface area contributed by atoms with Gasteiger partial charge in [-0.05, 0) is 38.0 Å². The zero-order valence-electron chi connectivity index (χ0n) is 15.2. The summed E-state index contributed by atoms with van der Waals surface area (Å²) in [7, 11) is -0.693. The minimum absolute atomic E-state index is 0.0945. The van der Waals surface area contributed by atoms with Crippen molar-refractivity contribution in [2.75, 3.05) is 33.9 Å². The van der Waals surface area contributed by atoms with Crippen LogP contribution in [0.2, 0.25) is 5.02 Å². The maximum absolute atomic E-state index is 12.9. The lowest BCUT2D eigenvalue weighted by Crippen LogP contribution is -2.47. The number of benzene rings is 1. The zero-order chi connectivity index (χ0) is 19.3. The molecule has 1 aromatic rings. The van der Waals surface area contributed by atoms with E-state index < -0.39 is 10.0 Å². The fourth-order valence-corrected chi connectivity index (χ4v) is 4.86. The second-order valence-electron chi connectivity index (χ2n) is 6.36. The highest BCUT2D eigenvalue weighted by Crippen LogP contribution is 2.30. The van der Waals surface area contributed by atoms with E-state index in [1.54, 1.807) is 7.11 Å². The molecule has 0 aromatic heterocycles. The zero-order valence-corrected chi connectivity index (χ0v) is 16.8. The molecule has 0 spiro atoms. The number of nitrogens with zero attached hydrogens (tertiary/aromatic N) is 1. The molecule has 1 aromatic carbocycles. The van der Waals surface area contributed by atoms with Crippen molar-refractivity contribution in [2.45, 2.75) is 30.7 Å². The number of piperidine rings is 1. The lowest BCUT2D eigenvalue weighted by atomic mass is 9.98. The van der Waals surface area contributed by atoms with Gasteiger partial charge in [0.15, 0.2) is 0 Å². The van der Waals surface area contributed by atoms with Crippen LogP contribution < -0.4 is 10.1 Å². The van der Waals surface area contributed by atoms with E-state index in [0.717, 1.165) is 0 Å². The van der Waals surface area contributed by atoms with Gasteiger partial charge < -0.3 is 14.8 Å². The lowest BCUT2D eigenvalue weighted by molar-refractivity contribution is -0.127. The maximum atomic E-state index is 12.9. The normalized spacial score (nSPS) is 19.8. The van der Waals surface area contributed by atoms with Gasteiger partial charge in [-0.1, -0.05) is 11.6 Å². The van der Waals surface area contributed by atoms with Crippen LogP contribution in [0.25, 0.3) is 0 Å². The van der Waals surface area contributed by atoms with E-state index in [1.807, 2.05) is 6.92 Å². The second kappa shape index (κ2) is 9.03. The number of carbonyl (C=O) groups excluding carboxylic acids is 1. The molecule has 1 amide bonds. The van der Waals surface area contributed by atoms with E-state index in [9.17, 15) is 13.2 Å². The van der Waals surface area contributed by atoms with E-state index in [2.05, 4.69) is 5.32 Å². The molecule has 2 atom stereocenters. The van der Waals surface area contributed by atoms with Gasteiger partial charge in [-0.2, -0.15) is 4.31 Å². The van der Waals surface area contributed by atoms with Crippen molar-refractivity contribution in [1.82, 2.24) is 9.62 Å². The molecule has 7 nitrogen and oxygen atoms in total. The largest absolute Gasteiger partial charge is 0.495 e. The summed E-state index contributed by atoms with van der Waals surface area (Å²) in [6, 6.07) is 4.24. The molecule has 0 unspecified atom stereocenters. The van der Waals surface area contributed by atoms with Crippen LogP contribution in [0.1, 0.15) is 19.8 Å². The van der Waals surface area contributed by atoms with Gasteiger partial charge in [-0.3, -0.25) is 4.79 Å². The maximum Gasteiger partial charge on any atom is 0.243 e. The summed E-state index contributed by atoms with van der Waals surface area (Å²) >= 11 is 6.06. The summed E-state index contributed by atoms with van der Waals surface area (Å²) in [4.78, 5) is 12.5. The molecule has 1 aliphatic heterocycles. The Morgan fingerprint density at radius 1 is 1.42 bits per heavy atom. The third kappa shape index (κ3) is 4.88. The number of ether oxygens (including phenoxy) is 2. The van der Waals surface area contributed by atoms with Gasteiger partial charge in [0.05, 0.1) is 29.6 Å². The Labute approximate surface area is 159 Å². The molecule has 0 saturated carbocycles. The molecule has 1 aliphatic rings. The Balaban J connectivity index is 2.12. The topological polar surface area (TPSA) is 84.9 Å². The quantitative estimate of drug-likeness (QED) is 0.750. The summed E-state index contributed by atoms with van der Waals surface area (Å²) in [5.74, 6) is -0.123. The standard InChI is InChI=1S/C17H25ClN2O5S/c1-12(11-24-2)19-17(21)13-5-4-8-20(10-13)26(22,23)14-6-7-16(25-3)15(18)9-14/h6-7,9,12-13H,4-5,8,10-11H2,1-3H3,(H,19,21)/t12-,13+/m1/s1. The van der Waals surface area contributed by atoms with Crippen molar-refractivity contribution in [3.05, 3.63) is 23.2 Å². The van der Waals surface area contributed by atoms with Crippen LogP contribution in [0.4, 0.5) is 0 Å². The molecule has 1 heterocycles. The first-order valence-electron chi connectivity index (χ1n) is 8.42. The van der Waals surface area contributed by atoms with Gasteiger partial charge >= 0.3 is 0 Å². The van der Waals surface area contributed by atoms with E-state index >= 15 is 0 Å². The molecular weight excluding hydrogens is 380 g/mol. The number of rotatable bonds is 7. The van der Waals surface area contributed by atoms with Crippen LogP contribution in [-0.4, -0.2) is 58.6 Å². The Morgan fingerprint density at radius 2 is 2.15 bits per heavy atom. The summed E-state index contributed by atoms with van der Waals surface area (Å²) in [5, 5.41) is 3.09. The molecule has 1 N–H and O–H groups in total.